The first-order chi connectivity index (χ1) is 16.5. The summed E-state index contributed by atoms with van der Waals surface area (Å²) in [5.41, 5.74) is 2.53. The van der Waals surface area contributed by atoms with Crippen LogP contribution in [0.4, 0.5) is 5.69 Å². The number of fused-ring (bicyclic) bond motifs is 3. The number of nitrogens with zero attached hydrogens (tertiary/aromatic N) is 2. The van der Waals surface area contributed by atoms with Crippen LogP contribution in [0.25, 0.3) is 21.9 Å². The molecule has 0 saturated carbocycles. The van der Waals surface area contributed by atoms with Crippen molar-refractivity contribution in [3.05, 3.63) is 71.2 Å². The Labute approximate surface area is 201 Å². The molecule has 0 bridgehead atoms. The van der Waals surface area contributed by atoms with Gasteiger partial charge in [0.2, 0.25) is 5.91 Å². The number of para-hydroxylation sites is 1. The van der Waals surface area contributed by atoms with E-state index in [0.717, 1.165) is 16.4 Å². The summed E-state index contributed by atoms with van der Waals surface area (Å²) in [6.45, 7) is 2.49. The van der Waals surface area contributed by atoms with Crippen LogP contribution < -0.4 is 10.1 Å². The van der Waals surface area contributed by atoms with Crippen LogP contribution in [-0.2, 0) is 4.79 Å². The van der Waals surface area contributed by atoms with Crippen LogP contribution in [0.15, 0.2) is 65.1 Å². The summed E-state index contributed by atoms with van der Waals surface area (Å²) in [5.74, 6) is 0.334. The highest BCUT2D eigenvalue weighted by Crippen LogP contribution is 2.36. The van der Waals surface area contributed by atoms with Gasteiger partial charge < -0.3 is 19.4 Å². The second-order valence-electron chi connectivity index (χ2n) is 8.24. The van der Waals surface area contributed by atoms with Gasteiger partial charge >= 0.3 is 0 Å². The molecule has 0 spiro atoms. The number of methoxy groups -OCH3 is 1. The van der Waals surface area contributed by atoms with Crippen molar-refractivity contribution in [3.63, 3.8) is 0 Å². The van der Waals surface area contributed by atoms with Crippen LogP contribution in [0.1, 0.15) is 10.4 Å². The molecular weight excluding hydrogens is 454 g/mol. The Balaban J connectivity index is 1.23. The Morgan fingerprint density at radius 1 is 0.971 bits per heavy atom. The molecule has 2 heterocycles. The van der Waals surface area contributed by atoms with Crippen molar-refractivity contribution in [1.82, 2.24) is 9.80 Å². The van der Waals surface area contributed by atoms with Crippen molar-refractivity contribution in [3.8, 4) is 5.75 Å². The van der Waals surface area contributed by atoms with Crippen molar-refractivity contribution < 1.29 is 18.7 Å². The zero-order chi connectivity index (χ0) is 23.7. The Morgan fingerprint density at radius 3 is 2.47 bits per heavy atom. The van der Waals surface area contributed by atoms with Gasteiger partial charge in [0.1, 0.15) is 16.9 Å². The number of furan rings is 1. The molecule has 0 radical (unpaired) electrons. The van der Waals surface area contributed by atoms with Crippen LogP contribution >= 0.6 is 11.6 Å². The average Bonchev–Trinajstić information content (AvgIpc) is 3.21. The standard InChI is InChI=1S/C26H24ClN3O4/c1-33-24-14-19-17-6-3-5-9-22(17)34-23(19)15-21(24)28-25(31)16-29-10-12-30(13-11-29)26(32)18-7-2-4-8-20(18)27/h2-9,14-15H,10-13,16H2,1H3,(H,28,31). The van der Waals surface area contributed by atoms with E-state index in [0.29, 0.717) is 53.8 Å². The van der Waals surface area contributed by atoms with E-state index in [2.05, 4.69) is 5.32 Å². The molecule has 174 valence electrons. The second kappa shape index (κ2) is 9.37. The zero-order valence-corrected chi connectivity index (χ0v) is 19.5. The molecule has 1 fully saturated rings. The van der Waals surface area contributed by atoms with E-state index in [-0.39, 0.29) is 18.4 Å². The molecule has 7 nitrogen and oxygen atoms in total. The van der Waals surface area contributed by atoms with Gasteiger partial charge in [-0.3, -0.25) is 14.5 Å². The number of ether oxygens (including phenoxy) is 1. The number of amides is 2. The van der Waals surface area contributed by atoms with E-state index in [9.17, 15) is 9.59 Å². The van der Waals surface area contributed by atoms with E-state index in [1.807, 2.05) is 35.2 Å². The highest BCUT2D eigenvalue weighted by Gasteiger charge is 2.25. The van der Waals surface area contributed by atoms with Gasteiger partial charge in [-0.05, 0) is 24.3 Å². The number of halogens is 1. The number of carbonyl (C=O) groups excluding carboxylic acids is 2. The Bertz CT molecular complexity index is 1380. The van der Waals surface area contributed by atoms with E-state index in [1.54, 1.807) is 42.3 Å². The van der Waals surface area contributed by atoms with Gasteiger partial charge in [0.25, 0.3) is 5.91 Å². The van der Waals surface area contributed by atoms with Crippen LogP contribution in [-0.4, -0.2) is 61.4 Å². The highest BCUT2D eigenvalue weighted by atomic mass is 35.5. The first kappa shape index (κ1) is 22.3. The van der Waals surface area contributed by atoms with E-state index < -0.39 is 0 Å². The third-order valence-corrected chi connectivity index (χ3v) is 6.43. The lowest BCUT2D eigenvalue weighted by Gasteiger charge is -2.34. The largest absolute Gasteiger partial charge is 0.495 e. The topological polar surface area (TPSA) is 75.0 Å². The van der Waals surface area contributed by atoms with E-state index in [4.69, 9.17) is 20.8 Å². The summed E-state index contributed by atoms with van der Waals surface area (Å²) in [7, 11) is 1.58. The molecule has 4 aromatic rings. The lowest BCUT2D eigenvalue weighted by molar-refractivity contribution is -0.117. The van der Waals surface area contributed by atoms with E-state index >= 15 is 0 Å². The van der Waals surface area contributed by atoms with Crippen molar-refractivity contribution in [1.29, 1.82) is 0 Å². The summed E-state index contributed by atoms with van der Waals surface area (Å²) in [6, 6.07) is 18.5. The van der Waals surface area contributed by atoms with Crippen molar-refractivity contribution in [2.45, 2.75) is 0 Å². The molecular formula is C26H24ClN3O4. The van der Waals surface area contributed by atoms with Gasteiger partial charge in [0.05, 0.1) is 29.9 Å². The number of piperazine rings is 1. The molecule has 1 N–H and O–H groups in total. The molecule has 0 unspecified atom stereocenters. The van der Waals surface area contributed by atoms with Crippen molar-refractivity contribution in [2.75, 3.05) is 45.2 Å². The SMILES string of the molecule is COc1cc2c(cc1NC(=O)CN1CCN(C(=O)c3ccccc3Cl)CC1)oc1ccccc12. The minimum absolute atomic E-state index is 0.0847. The van der Waals surface area contributed by atoms with Crippen molar-refractivity contribution in [2.24, 2.45) is 0 Å². The highest BCUT2D eigenvalue weighted by molar-refractivity contribution is 6.33. The molecule has 1 aromatic heterocycles. The summed E-state index contributed by atoms with van der Waals surface area (Å²) in [4.78, 5) is 29.4. The van der Waals surface area contributed by atoms with Crippen molar-refractivity contribution >= 4 is 51.0 Å². The molecule has 8 heteroatoms. The minimum Gasteiger partial charge on any atom is -0.495 e. The molecule has 3 aromatic carbocycles. The van der Waals surface area contributed by atoms with Gasteiger partial charge in [-0.1, -0.05) is 41.9 Å². The van der Waals surface area contributed by atoms with Crippen LogP contribution in [0.2, 0.25) is 5.02 Å². The predicted octanol–water partition coefficient (Wildman–Crippen LogP) is 4.64. The third kappa shape index (κ3) is 4.32. The van der Waals surface area contributed by atoms with Gasteiger partial charge in [0.15, 0.2) is 0 Å². The normalized spacial score (nSPS) is 14.5. The second-order valence-corrected chi connectivity index (χ2v) is 8.65. The number of benzene rings is 3. The smallest absolute Gasteiger partial charge is 0.255 e. The quantitative estimate of drug-likeness (QED) is 0.453. The Hall–Kier alpha value is -3.55. The first-order valence-electron chi connectivity index (χ1n) is 11.1. The minimum atomic E-state index is -0.153. The molecule has 1 aliphatic rings. The fourth-order valence-corrected chi connectivity index (χ4v) is 4.54. The molecule has 1 aliphatic heterocycles. The van der Waals surface area contributed by atoms with Gasteiger partial charge in [0, 0.05) is 43.0 Å². The van der Waals surface area contributed by atoms with Gasteiger partial charge in [-0.15, -0.1) is 0 Å². The third-order valence-electron chi connectivity index (χ3n) is 6.10. The summed E-state index contributed by atoms with van der Waals surface area (Å²) in [6.07, 6.45) is 0. The molecule has 0 aliphatic carbocycles. The van der Waals surface area contributed by atoms with Gasteiger partial charge in [-0.25, -0.2) is 0 Å². The fraction of sp³-hybridized carbons (Fsp3) is 0.231. The first-order valence-corrected chi connectivity index (χ1v) is 11.5. The molecule has 34 heavy (non-hydrogen) atoms. The summed E-state index contributed by atoms with van der Waals surface area (Å²) in [5, 5.41) is 5.33. The van der Waals surface area contributed by atoms with Crippen LogP contribution in [0, 0.1) is 0 Å². The molecule has 0 atom stereocenters. The Kier molecular flexibility index (Phi) is 6.13. The summed E-state index contributed by atoms with van der Waals surface area (Å²) >= 11 is 6.17. The summed E-state index contributed by atoms with van der Waals surface area (Å²) < 4.78 is 11.5. The van der Waals surface area contributed by atoms with Crippen LogP contribution in [0.5, 0.6) is 5.75 Å². The zero-order valence-electron chi connectivity index (χ0n) is 18.7. The number of carbonyl (C=O) groups is 2. The fourth-order valence-electron chi connectivity index (χ4n) is 4.32. The molecule has 5 rings (SSSR count). The maximum atomic E-state index is 12.8. The monoisotopic (exact) mass is 477 g/mol. The van der Waals surface area contributed by atoms with Gasteiger partial charge in [-0.2, -0.15) is 0 Å². The number of nitrogens with one attached hydrogen (secondary N) is 1. The average molecular weight is 478 g/mol. The predicted molar refractivity (Wildman–Crippen MR) is 133 cm³/mol. The number of anilines is 1. The van der Waals surface area contributed by atoms with Crippen LogP contribution in [0.3, 0.4) is 0 Å². The van der Waals surface area contributed by atoms with E-state index in [1.165, 1.54) is 0 Å². The number of hydrogen-bond donors (Lipinski definition) is 1. The maximum Gasteiger partial charge on any atom is 0.255 e. The lowest BCUT2D eigenvalue weighted by atomic mass is 10.1. The molecule has 2 amide bonds. The number of hydrogen-bond acceptors (Lipinski definition) is 5. The Morgan fingerprint density at radius 2 is 1.71 bits per heavy atom. The number of rotatable bonds is 5. The maximum absolute atomic E-state index is 12.8. The molecule has 1 saturated heterocycles. The lowest BCUT2D eigenvalue weighted by Crippen LogP contribution is -2.50.